The standard InChI is InChI=1S/C20H17BF3N3O5S/c1-11-9-31-18(25-11)7-13-6-14(26-19(28)20(22,23)24)4-5-17(13)33(30)27-15-3-2-12-10-32-21(29)16(12)8-15/h2-6,8-9,27,29H,7,10H2,1H3,(H,26,28). The molecule has 0 radical (unpaired) electrons. The highest BCUT2D eigenvalue weighted by molar-refractivity contribution is 7.86. The van der Waals surface area contributed by atoms with Crippen molar-refractivity contribution in [2.45, 2.75) is 31.0 Å². The van der Waals surface area contributed by atoms with E-state index in [9.17, 15) is 27.2 Å². The number of amides is 1. The fraction of sp³-hybridized carbons (Fsp3) is 0.200. The molecular formula is C20H17BF3N3O5S. The zero-order valence-corrected chi connectivity index (χ0v) is 17.9. The Kier molecular flexibility index (Phi) is 6.28. The van der Waals surface area contributed by atoms with E-state index in [4.69, 9.17) is 9.07 Å². The van der Waals surface area contributed by atoms with Crippen LogP contribution in [-0.4, -0.2) is 33.4 Å². The quantitative estimate of drug-likeness (QED) is 0.469. The maximum Gasteiger partial charge on any atom is 0.491 e. The molecule has 1 aromatic heterocycles. The molecular weight excluding hydrogens is 462 g/mol. The van der Waals surface area contributed by atoms with Gasteiger partial charge in [-0.25, -0.2) is 9.19 Å². The molecule has 0 fully saturated rings. The number of aromatic nitrogens is 1. The van der Waals surface area contributed by atoms with Crippen LogP contribution in [-0.2, 0) is 33.5 Å². The van der Waals surface area contributed by atoms with Crippen LogP contribution < -0.4 is 15.5 Å². The van der Waals surface area contributed by atoms with Crippen LogP contribution in [0.2, 0.25) is 0 Å². The summed E-state index contributed by atoms with van der Waals surface area (Å²) in [6, 6.07) is 8.89. The first-order valence-electron chi connectivity index (χ1n) is 9.63. The minimum absolute atomic E-state index is 0.0308. The number of oxazole rings is 1. The van der Waals surface area contributed by atoms with Crippen LogP contribution in [0.1, 0.15) is 22.7 Å². The van der Waals surface area contributed by atoms with Crippen LogP contribution in [0.15, 0.2) is 52.0 Å². The molecule has 1 unspecified atom stereocenters. The maximum atomic E-state index is 13.1. The van der Waals surface area contributed by atoms with Gasteiger partial charge in [0.25, 0.3) is 0 Å². The fourth-order valence-corrected chi connectivity index (χ4v) is 4.28. The van der Waals surface area contributed by atoms with E-state index in [1.54, 1.807) is 30.4 Å². The molecule has 0 saturated heterocycles. The van der Waals surface area contributed by atoms with Crippen LogP contribution in [0, 0.1) is 6.92 Å². The molecule has 3 aromatic rings. The molecule has 172 valence electrons. The number of fused-ring (bicyclic) bond motifs is 1. The predicted molar refractivity (Wildman–Crippen MR) is 114 cm³/mol. The van der Waals surface area contributed by atoms with Gasteiger partial charge in [-0.2, -0.15) is 13.2 Å². The molecule has 1 aliphatic heterocycles. The van der Waals surface area contributed by atoms with Crippen molar-refractivity contribution in [3.05, 3.63) is 65.4 Å². The van der Waals surface area contributed by atoms with Crippen LogP contribution in [0.3, 0.4) is 0 Å². The van der Waals surface area contributed by atoms with Crippen molar-refractivity contribution < 1.29 is 36.3 Å². The number of benzene rings is 2. The molecule has 1 amide bonds. The van der Waals surface area contributed by atoms with Gasteiger partial charge in [0.05, 0.1) is 23.6 Å². The van der Waals surface area contributed by atoms with Gasteiger partial charge in [0.15, 0.2) is 16.9 Å². The van der Waals surface area contributed by atoms with Gasteiger partial charge in [0.2, 0.25) is 0 Å². The second-order valence-electron chi connectivity index (χ2n) is 7.28. The van der Waals surface area contributed by atoms with E-state index in [0.29, 0.717) is 22.4 Å². The van der Waals surface area contributed by atoms with E-state index < -0.39 is 30.2 Å². The third kappa shape index (κ3) is 5.26. The molecule has 8 nitrogen and oxygen atoms in total. The average Bonchev–Trinajstić information content (AvgIpc) is 3.32. The number of nitrogens with one attached hydrogen (secondary N) is 2. The van der Waals surface area contributed by atoms with Crippen molar-refractivity contribution >= 4 is 40.8 Å². The molecule has 4 rings (SSSR count). The Hall–Kier alpha value is -3.16. The van der Waals surface area contributed by atoms with E-state index in [2.05, 4.69) is 9.71 Å². The number of carbonyl (C=O) groups is 1. The first kappa shape index (κ1) is 23.0. The van der Waals surface area contributed by atoms with Gasteiger partial charge in [0.1, 0.15) is 6.26 Å². The Morgan fingerprint density at radius 3 is 2.70 bits per heavy atom. The summed E-state index contributed by atoms with van der Waals surface area (Å²) in [5.41, 5.74) is 2.64. The molecule has 0 aliphatic carbocycles. The lowest BCUT2D eigenvalue weighted by Gasteiger charge is -2.14. The van der Waals surface area contributed by atoms with Crippen LogP contribution in [0.25, 0.3) is 0 Å². The molecule has 0 spiro atoms. The highest BCUT2D eigenvalue weighted by Gasteiger charge is 2.38. The van der Waals surface area contributed by atoms with E-state index in [1.165, 1.54) is 24.5 Å². The van der Waals surface area contributed by atoms with Gasteiger partial charge in [0, 0.05) is 11.4 Å². The SMILES string of the molecule is Cc1coc(Cc2cc(NC(=O)C(F)(F)F)ccc2S(=O)Nc2ccc3c(c2)B(O)OC3)n1. The number of hydrogen-bond acceptors (Lipinski definition) is 6. The largest absolute Gasteiger partial charge is 0.491 e. The first-order chi connectivity index (χ1) is 15.6. The number of nitrogens with zero attached hydrogens (tertiary/aromatic N) is 1. The zero-order valence-electron chi connectivity index (χ0n) is 17.1. The van der Waals surface area contributed by atoms with Crippen LogP contribution in [0.5, 0.6) is 0 Å². The normalized spacial score (nSPS) is 14.2. The molecule has 0 saturated carbocycles. The Bertz CT molecular complexity index is 1230. The number of carbonyl (C=O) groups excluding carboxylic acids is 1. The summed E-state index contributed by atoms with van der Waals surface area (Å²) in [6.45, 7) is 1.98. The Morgan fingerprint density at radius 1 is 1.24 bits per heavy atom. The van der Waals surface area contributed by atoms with Crippen molar-refractivity contribution in [2.24, 2.45) is 0 Å². The van der Waals surface area contributed by atoms with Gasteiger partial charge in [-0.1, -0.05) is 6.07 Å². The lowest BCUT2D eigenvalue weighted by Crippen LogP contribution is -2.30. The van der Waals surface area contributed by atoms with Crippen LogP contribution >= 0.6 is 0 Å². The van der Waals surface area contributed by atoms with Gasteiger partial charge in [-0.05, 0) is 53.8 Å². The smallest absolute Gasteiger partial charge is 0.448 e. The summed E-state index contributed by atoms with van der Waals surface area (Å²) >= 11 is 0. The molecule has 13 heteroatoms. The van der Waals surface area contributed by atoms with Gasteiger partial charge < -0.3 is 24.1 Å². The molecule has 2 aromatic carbocycles. The lowest BCUT2D eigenvalue weighted by atomic mass is 9.79. The monoisotopic (exact) mass is 479 g/mol. The second-order valence-corrected chi connectivity index (χ2v) is 8.46. The number of aryl methyl sites for hydroxylation is 1. The van der Waals surface area contributed by atoms with E-state index >= 15 is 0 Å². The molecule has 2 heterocycles. The van der Waals surface area contributed by atoms with E-state index in [0.717, 1.165) is 5.56 Å². The first-order valence-corrected chi connectivity index (χ1v) is 10.8. The topological polar surface area (TPSA) is 114 Å². The van der Waals surface area contributed by atoms with Crippen molar-refractivity contribution in [1.82, 2.24) is 4.98 Å². The van der Waals surface area contributed by atoms with Crippen molar-refractivity contribution in [2.75, 3.05) is 10.0 Å². The molecule has 3 N–H and O–H groups in total. The van der Waals surface area contributed by atoms with E-state index in [1.807, 2.05) is 0 Å². The lowest BCUT2D eigenvalue weighted by molar-refractivity contribution is -0.167. The number of halogens is 3. The summed E-state index contributed by atoms with van der Waals surface area (Å²) < 4.78 is 64.3. The minimum Gasteiger partial charge on any atom is -0.448 e. The van der Waals surface area contributed by atoms with Crippen molar-refractivity contribution in [3.8, 4) is 0 Å². The summed E-state index contributed by atoms with van der Waals surface area (Å²) in [5.74, 6) is -1.85. The third-order valence-corrected chi connectivity index (χ3v) is 6.02. The zero-order chi connectivity index (χ0) is 23.8. The number of anilines is 2. The van der Waals surface area contributed by atoms with E-state index in [-0.39, 0.29) is 29.5 Å². The Labute approximate surface area is 188 Å². The van der Waals surface area contributed by atoms with Gasteiger partial charge >= 0.3 is 19.2 Å². The van der Waals surface area contributed by atoms with Gasteiger partial charge in [-0.15, -0.1) is 0 Å². The Balaban J connectivity index is 1.62. The Morgan fingerprint density at radius 2 is 2.00 bits per heavy atom. The molecule has 1 atom stereocenters. The fourth-order valence-electron chi connectivity index (χ4n) is 3.27. The summed E-state index contributed by atoms with van der Waals surface area (Å²) in [6.07, 6.45) is -3.61. The van der Waals surface area contributed by atoms with Gasteiger partial charge in [-0.3, -0.25) is 4.79 Å². The second kappa shape index (κ2) is 9.00. The highest BCUT2D eigenvalue weighted by Crippen LogP contribution is 2.25. The molecule has 0 bridgehead atoms. The highest BCUT2D eigenvalue weighted by atomic mass is 32.2. The average molecular weight is 479 g/mol. The number of rotatable bonds is 6. The number of hydrogen-bond donors (Lipinski definition) is 3. The third-order valence-electron chi connectivity index (χ3n) is 4.80. The minimum atomic E-state index is -5.05. The summed E-state index contributed by atoms with van der Waals surface area (Å²) in [4.78, 5) is 15.7. The van der Waals surface area contributed by atoms with Crippen molar-refractivity contribution in [3.63, 3.8) is 0 Å². The molecule has 1 aliphatic rings. The number of alkyl halides is 3. The van der Waals surface area contributed by atoms with Crippen LogP contribution in [0.4, 0.5) is 24.5 Å². The van der Waals surface area contributed by atoms with Crippen molar-refractivity contribution in [1.29, 1.82) is 0 Å². The predicted octanol–water partition coefficient (Wildman–Crippen LogP) is 2.43. The molecule has 33 heavy (non-hydrogen) atoms. The maximum absolute atomic E-state index is 13.1. The summed E-state index contributed by atoms with van der Waals surface area (Å²) in [5, 5.41) is 11.7. The summed E-state index contributed by atoms with van der Waals surface area (Å²) in [7, 11) is -2.91.